The highest BCUT2D eigenvalue weighted by Gasteiger charge is 2.15. The zero-order valence-corrected chi connectivity index (χ0v) is 17.6. The summed E-state index contributed by atoms with van der Waals surface area (Å²) in [5.74, 6) is 2.07. The topological polar surface area (TPSA) is 68.8 Å². The molecule has 1 unspecified atom stereocenters. The highest BCUT2D eigenvalue weighted by atomic mass is 32.2. The summed E-state index contributed by atoms with van der Waals surface area (Å²) < 4.78 is 0. The van der Waals surface area contributed by atoms with Crippen molar-refractivity contribution in [3.05, 3.63) is 35.4 Å². The largest absolute Gasteiger partial charge is 0.357 e. The Kier molecular flexibility index (Phi) is 9.48. The number of likely N-dealkylation sites (N-methyl/N-ethyl adjacent to an activating group) is 1. The quantitative estimate of drug-likeness (QED) is 0.443. The molecule has 1 aromatic carbocycles. The third-order valence-corrected chi connectivity index (χ3v) is 5.72. The number of rotatable bonds is 9. The fourth-order valence-electron chi connectivity index (χ4n) is 2.83. The van der Waals surface area contributed by atoms with Gasteiger partial charge in [-0.1, -0.05) is 12.1 Å². The SMILES string of the molecule is CCNC(=NCc1cccc(C(=O)NCCN(C)C)c1)NCC1CCCS1. The summed E-state index contributed by atoms with van der Waals surface area (Å²) >= 11 is 2.04. The molecule has 1 aromatic rings. The molecule has 0 spiro atoms. The minimum Gasteiger partial charge on any atom is -0.357 e. The van der Waals surface area contributed by atoms with Gasteiger partial charge in [0.15, 0.2) is 5.96 Å². The zero-order chi connectivity index (χ0) is 19.5. The second-order valence-corrected chi connectivity index (χ2v) is 8.38. The van der Waals surface area contributed by atoms with Crippen molar-refractivity contribution in [2.45, 2.75) is 31.6 Å². The Morgan fingerprint density at radius 3 is 2.85 bits per heavy atom. The van der Waals surface area contributed by atoms with Gasteiger partial charge in [0.25, 0.3) is 5.91 Å². The van der Waals surface area contributed by atoms with Gasteiger partial charge in [-0.25, -0.2) is 4.99 Å². The van der Waals surface area contributed by atoms with Crippen LogP contribution in [-0.4, -0.2) is 68.0 Å². The maximum Gasteiger partial charge on any atom is 0.251 e. The van der Waals surface area contributed by atoms with Crippen LogP contribution in [0.4, 0.5) is 0 Å². The maximum absolute atomic E-state index is 12.3. The van der Waals surface area contributed by atoms with Crippen LogP contribution in [0.5, 0.6) is 0 Å². The first-order valence-electron chi connectivity index (χ1n) is 9.74. The number of nitrogens with one attached hydrogen (secondary N) is 3. The number of thioether (sulfide) groups is 1. The number of carbonyl (C=O) groups is 1. The summed E-state index contributed by atoms with van der Waals surface area (Å²) in [6, 6.07) is 7.70. The van der Waals surface area contributed by atoms with Crippen molar-refractivity contribution in [2.75, 3.05) is 46.0 Å². The molecule has 6 nitrogen and oxygen atoms in total. The molecule has 1 amide bonds. The number of nitrogens with zero attached hydrogens (tertiary/aromatic N) is 2. The van der Waals surface area contributed by atoms with Gasteiger partial charge >= 0.3 is 0 Å². The van der Waals surface area contributed by atoms with Gasteiger partial charge in [-0.15, -0.1) is 0 Å². The number of benzene rings is 1. The zero-order valence-electron chi connectivity index (χ0n) is 16.8. The van der Waals surface area contributed by atoms with Crippen molar-refractivity contribution in [2.24, 2.45) is 4.99 Å². The second-order valence-electron chi connectivity index (χ2n) is 6.97. The van der Waals surface area contributed by atoms with Gasteiger partial charge in [0.05, 0.1) is 6.54 Å². The lowest BCUT2D eigenvalue weighted by atomic mass is 10.1. The summed E-state index contributed by atoms with van der Waals surface area (Å²) in [6.07, 6.45) is 2.59. The van der Waals surface area contributed by atoms with E-state index in [9.17, 15) is 4.79 Å². The monoisotopic (exact) mass is 391 g/mol. The average molecular weight is 392 g/mol. The highest BCUT2D eigenvalue weighted by Crippen LogP contribution is 2.25. The van der Waals surface area contributed by atoms with Crippen LogP contribution in [-0.2, 0) is 6.54 Å². The predicted octanol–water partition coefficient (Wildman–Crippen LogP) is 1.93. The number of carbonyl (C=O) groups excluding carboxylic acids is 1. The number of aliphatic imine (C=N–C) groups is 1. The van der Waals surface area contributed by atoms with E-state index < -0.39 is 0 Å². The van der Waals surface area contributed by atoms with Crippen LogP contribution >= 0.6 is 11.8 Å². The third kappa shape index (κ3) is 8.22. The first kappa shape index (κ1) is 21.6. The van der Waals surface area contributed by atoms with Gasteiger partial charge in [0.1, 0.15) is 0 Å². The fraction of sp³-hybridized carbons (Fsp3) is 0.600. The highest BCUT2D eigenvalue weighted by molar-refractivity contribution is 8.00. The number of guanidine groups is 1. The maximum atomic E-state index is 12.3. The van der Waals surface area contributed by atoms with E-state index in [0.29, 0.717) is 23.9 Å². The summed E-state index contributed by atoms with van der Waals surface area (Å²) in [7, 11) is 3.98. The van der Waals surface area contributed by atoms with Crippen LogP contribution in [0.25, 0.3) is 0 Å². The number of hydrogen-bond donors (Lipinski definition) is 3. The van der Waals surface area contributed by atoms with E-state index in [2.05, 4.69) is 27.9 Å². The Balaban J connectivity index is 1.89. The fourth-order valence-corrected chi connectivity index (χ4v) is 4.04. The molecule has 3 N–H and O–H groups in total. The van der Waals surface area contributed by atoms with E-state index >= 15 is 0 Å². The average Bonchev–Trinajstić information content (AvgIpc) is 3.17. The molecule has 2 rings (SSSR count). The van der Waals surface area contributed by atoms with E-state index in [1.165, 1.54) is 18.6 Å². The summed E-state index contributed by atoms with van der Waals surface area (Å²) in [5.41, 5.74) is 1.71. The van der Waals surface area contributed by atoms with Gasteiger partial charge in [0.2, 0.25) is 0 Å². The normalized spacial score (nSPS) is 17.2. The molecule has 0 aliphatic carbocycles. The van der Waals surface area contributed by atoms with Gasteiger partial charge in [-0.3, -0.25) is 4.79 Å². The van der Waals surface area contributed by atoms with Crippen molar-refractivity contribution >= 4 is 23.6 Å². The molecule has 1 heterocycles. The first-order valence-corrected chi connectivity index (χ1v) is 10.8. The van der Waals surface area contributed by atoms with Crippen molar-refractivity contribution in [1.82, 2.24) is 20.9 Å². The molecular weight excluding hydrogens is 358 g/mol. The number of amides is 1. The van der Waals surface area contributed by atoms with Crippen LogP contribution < -0.4 is 16.0 Å². The Labute approximate surface area is 167 Å². The molecule has 27 heavy (non-hydrogen) atoms. The van der Waals surface area contributed by atoms with Crippen molar-refractivity contribution in [3.63, 3.8) is 0 Å². The van der Waals surface area contributed by atoms with E-state index in [0.717, 1.165) is 31.2 Å². The molecule has 1 aliphatic heterocycles. The Morgan fingerprint density at radius 2 is 2.15 bits per heavy atom. The van der Waals surface area contributed by atoms with Crippen molar-refractivity contribution in [1.29, 1.82) is 0 Å². The molecule has 1 saturated heterocycles. The van der Waals surface area contributed by atoms with Crippen LogP contribution in [0.3, 0.4) is 0 Å². The molecule has 7 heteroatoms. The lowest BCUT2D eigenvalue weighted by molar-refractivity contribution is 0.0951. The third-order valence-electron chi connectivity index (χ3n) is 4.32. The van der Waals surface area contributed by atoms with Crippen LogP contribution in [0.15, 0.2) is 29.3 Å². The molecule has 1 fully saturated rings. The van der Waals surface area contributed by atoms with Gasteiger partial charge in [0, 0.05) is 37.0 Å². The molecular formula is C20H33N5OS. The Hall–Kier alpha value is -1.73. The van der Waals surface area contributed by atoms with Gasteiger partial charge < -0.3 is 20.9 Å². The first-order chi connectivity index (χ1) is 13.1. The molecule has 0 radical (unpaired) electrons. The predicted molar refractivity (Wildman–Crippen MR) is 116 cm³/mol. The molecule has 1 aliphatic rings. The van der Waals surface area contributed by atoms with E-state index in [1.54, 1.807) is 0 Å². The summed E-state index contributed by atoms with van der Waals surface area (Å²) in [5, 5.41) is 10.4. The minimum atomic E-state index is -0.0361. The summed E-state index contributed by atoms with van der Waals surface area (Å²) in [4.78, 5) is 19.0. The smallest absolute Gasteiger partial charge is 0.251 e. The van der Waals surface area contributed by atoms with Crippen LogP contribution in [0.2, 0.25) is 0 Å². The molecule has 1 atom stereocenters. The van der Waals surface area contributed by atoms with E-state index in [4.69, 9.17) is 0 Å². The Morgan fingerprint density at radius 1 is 1.30 bits per heavy atom. The molecule has 0 bridgehead atoms. The van der Waals surface area contributed by atoms with Crippen molar-refractivity contribution in [3.8, 4) is 0 Å². The lowest BCUT2D eigenvalue weighted by Gasteiger charge is -2.14. The van der Waals surface area contributed by atoms with E-state index in [-0.39, 0.29) is 5.91 Å². The lowest BCUT2D eigenvalue weighted by Crippen LogP contribution is -2.40. The van der Waals surface area contributed by atoms with Gasteiger partial charge in [-0.2, -0.15) is 11.8 Å². The molecule has 150 valence electrons. The molecule has 0 saturated carbocycles. The van der Waals surface area contributed by atoms with Crippen molar-refractivity contribution < 1.29 is 4.79 Å². The van der Waals surface area contributed by atoms with Crippen LogP contribution in [0.1, 0.15) is 35.7 Å². The Bertz CT molecular complexity index is 614. The second kappa shape index (κ2) is 11.9. The number of hydrogen-bond acceptors (Lipinski definition) is 4. The van der Waals surface area contributed by atoms with E-state index in [1.807, 2.05) is 55.0 Å². The summed E-state index contributed by atoms with van der Waals surface area (Å²) in [6.45, 7) is 5.86. The minimum absolute atomic E-state index is 0.0361. The molecule has 0 aromatic heterocycles. The van der Waals surface area contributed by atoms with Gasteiger partial charge in [-0.05, 0) is 57.3 Å². The van der Waals surface area contributed by atoms with Crippen LogP contribution in [0, 0.1) is 0 Å². The standard InChI is InChI=1S/C20H33N5OS/c1-4-21-20(24-15-18-9-6-12-27-18)23-14-16-7-5-8-17(13-16)19(26)22-10-11-25(2)3/h5,7-8,13,18H,4,6,9-12,14-15H2,1-3H3,(H,22,26)(H2,21,23,24).